The van der Waals surface area contributed by atoms with Gasteiger partial charge in [0, 0.05) is 22.0 Å². The summed E-state index contributed by atoms with van der Waals surface area (Å²) in [6, 6.07) is 6.23. The molecule has 0 radical (unpaired) electrons. The van der Waals surface area contributed by atoms with E-state index < -0.39 is 17.7 Å². The first-order valence-corrected chi connectivity index (χ1v) is 11.2. The molecule has 174 valence electrons. The van der Waals surface area contributed by atoms with E-state index in [4.69, 9.17) is 21.1 Å². The van der Waals surface area contributed by atoms with E-state index in [1.165, 1.54) is 0 Å². The maximum atomic E-state index is 12.9. The largest absolute Gasteiger partial charge is 0.466 e. The summed E-state index contributed by atoms with van der Waals surface area (Å²) in [4.78, 5) is 40.7. The van der Waals surface area contributed by atoms with Crippen LogP contribution in [-0.4, -0.2) is 47.2 Å². The van der Waals surface area contributed by atoms with Crippen LogP contribution >= 0.6 is 11.6 Å². The van der Waals surface area contributed by atoms with Crippen LogP contribution in [0, 0.1) is 5.92 Å². The maximum Gasteiger partial charge on any atom is 0.407 e. The summed E-state index contributed by atoms with van der Waals surface area (Å²) in [5, 5.41) is 7.24. The number of fused-ring (bicyclic) bond motifs is 1. The fourth-order valence-electron chi connectivity index (χ4n) is 3.91. The Morgan fingerprint density at radius 3 is 2.56 bits per heavy atom. The Hall–Kier alpha value is -2.74. The zero-order valence-corrected chi connectivity index (χ0v) is 19.5. The van der Waals surface area contributed by atoms with E-state index in [-0.39, 0.29) is 23.8 Å². The summed E-state index contributed by atoms with van der Waals surface area (Å²) in [5.74, 6) is -0.938. The van der Waals surface area contributed by atoms with Gasteiger partial charge in [0.1, 0.15) is 11.3 Å². The third kappa shape index (κ3) is 6.16. The van der Waals surface area contributed by atoms with Crippen LogP contribution in [0.5, 0.6) is 0 Å². The SMILES string of the molecule is CCOC(=O)C1CC[C@@H](NC(=O)c2cc3cc(Cl)ccc3[nH]2)[C@@H](NC(=O)OC(C)(C)C)C1. The van der Waals surface area contributed by atoms with Gasteiger partial charge in [0.2, 0.25) is 0 Å². The molecule has 8 nitrogen and oxygen atoms in total. The van der Waals surface area contributed by atoms with E-state index >= 15 is 0 Å². The van der Waals surface area contributed by atoms with Gasteiger partial charge < -0.3 is 25.1 Å². The maximum absolute atomic E-state index is 12.9. The fraction of sp³-hybridized carbons (Fsp3) is 0.522. The van der Waals surface area contributed by atoms with Crippen molar-refractivity contribution in [3.63, 3.8) is 0 Å². The summed E-state index contributed by atoms with van der Waals surface area (Å²) in [6.07, 6.45) is 0.831. The average Bonchev–Trinajstić information content (AvgIpc) is 3.11. The number of aromatic nitrogens is 1. The molecule has 1 aliphatic carbocycles. The number of esters is 1. The number of alkyl carbamates (subject to hydrolysis) is 1. The molecule has 1 fully saturated rings. The van der Waals surface area contributed by atoms with Crippen LogP contribution < -0.4 is 10.6 Å². The van der Waals surface area contributed by atoms with Crippen LogP contribution in [0.3, 0.4) is 0 Å². The molecule has 3 atom stereocenters. The van der Waals surface area contributed by atoms with Gasteiger partial charge in [-0.05, 0) is 71.2 Å². The van der Waals surface area contributed by atoms with Gasteiger partial charge in [0.15, 0.2) is 0 Å². The number of carbonyl (C=O) groups is 3. The lowest BCUT2D eigenvalue weighted by atomic mass is 9.82. The van der Waals surface area contributed by atoms with Gasteiger partial charge in [0.05, 0.1) is 18.6 Å². The highest BCUT2D eigenvalue weighted by Crippen LogP contribution is 2.27. The molecule has 1 aromatic carbocycles. The topological polar surface area (TPSA) is 110 Å². The highest BCUT2D eigenvalue weighted by atomic mass is 35.5. The third-order valence-corrected chi connectivity index (χ3v) is 5.55. The molecule has 1 saturated carbocycles. The van der Waals surface area contributed by atoms with Crippen LogP contribution in [0.25, 0.3) is 10.9 Å². The molecule has 2 amide bonds. The molecule has 2 aromatic rings. The van der Waals surface area contributed by atoms with Crippen LogP contribution in [-0.2, 0) is 14.3 Å². The fourth-order valence-corrected chi connectivity index (χ4v) is 4.09. The van der Waals surface area contributed by atoms with Crippen molar-refractivity contribution in [3.05, 3.63) is 35.0 Å². The van der Waals surface area contributed by atoms with E-state index in [0.717, 1.165) is 10.9 Å². The van der Waals surface area contributed by atoms with Crippen LogP contribution in [0.1, 0.15) is 57.4 Å². The van der Waals surface area contributed by atoms with Crippen molar-refractivity contribution in [1.82, 2.24) is 15.6 Å². The molecule has 32 heavy (non-hydrogen) atoms. The summed E-state index contributed by atoms with van der Waals surface area (Å²) >= 11 is 6.03. The Labute approximate surface area is 192 Å². The number of halogens is 1. The highest BCUT2D eigenvalue weighted by Gasteiger charge is 2.37. The van der Waals surface area contributed by atoms with E-state index in [1.807, 2.05) is 6.07 Å². The standard InChI is InChI=1S/C23H30ClN3O5/c1-5-31-21(29)13-6-8-17(18(11-13)27-22(30)32-23(2,3)4)26-20(28)19-12-14-10-15(24)7-9-16(14)25-19/h7,9-10,12-13,17-18,25H,5-6,8,11H2,1-4H3,(H,26,28)(H,27,30)/t13?,17-,18+/m1/s1. The Bertz CT molecular complexity index is 997. The van der Waals surface area contributed by atoms with Crippen LogP contribution in [0.15, 0.2) is 24.3 Å². The molecule has 0 bridgehead atoms. The minimum Gasteiger partial charge on any atom is -0.466 e. The van der Waals surface area contributed by atoms with Gasteiger partial charge in [0.25, 0.3) is 5.91 Å². The molecular weight excluding hydrogens is 434 g/mol. The summed E-state index contributed by atoms with van der Waals surface area (Å²) < 4.78 is 10.5. The molecule has 1 unspecified atom stereocenters. The Morgan fingerprint density at radius 2 is 1.88 bits per heavy atom. The molecule has 0 spiro atoms. The number of amides is 2. The van der Waals surface area contributed by atoms with Gasteiger partial charge >= 0.3 is 12.1 Å². The molecule has 3 N–H and O–H groups in total. The molecule has 9 heteroatoms. The molecule has 0 saturated heterocycles. The lowest BCUT2D eigenvalue weighted by molar-refractivity contribution is -0.149. The van der Waals surface area contributed by atoms with Crippen molar-refractivity contribution in [2.75, 3.05) is 6.61 Å². The second-order valence-corrected chi connectivity index (χ2v) is 9.45. The zero-order chi connectivity index (χ0) is 23.5. The minimum atomic E-state index is -0.663. The minimum absolute atomic E-state index is 0.291. The second kappa shape index (κ2) is 9.81. The number of carbonyl (C=O) groups excluding carboxylic acids is 3. The number of hydrogen-bond donors (Lipinski definition) is 3. The van der Waals surface area contributed by atoms with E-state index in [2.05, 4.69) is 15.6 Å². The zero-order valence-electron chi connectivity index (χ0n) is 18.8. The quantitative estimate of drug-likeness (QED) is 0.576. The van der Waals surface area contributed by atoms with Crippen LogP contribution in [0.4, 0.5) is 4.79 Å². The van der Waals surface area contributed by atoms with E-state index in [9.17, 15) is 14.4 Å². The Kier molecular flexibility index (Phi) is 7.33. The smallest absolute Gasteiger partial charge is 0.407 e. The Morgan fingerprint density at radius 1 is 1.12 bits per heavy atom. The summed E-state index contributed by atoms with van der Waals surface area (Å²) in [7, 11) is 0. The number of nitrogens with one attached hydrogen (secondary N) is 3. The van der Waals surface area contributed by atoms with Gasteiger partial charge in [-0.15, -0.1) is 0 Å². The number of H-pyrrole nitrogens is 1. The predicted octanol–water partition coefficient (Wildman–Crippen LogP) is 4.18. The van der Waals surface area contributed by atoms with Gasteiger partial charge in [-0.3, -0.25) is 9.59 Å². The van der Waals surface area contributed by atoms with Crippen LogP contribution in [0.2, 0.25) is 5.02 Å². The van der Waals surface area contributed by atoms with Crippen molar-refractivity contribution < 1.29 is 23.9 Å². The average molecular weight is 464 g/mol. The van der Waals surface area contributed by atoms with Gasteiger partial charge in [-0.25, -0.2) is 4.79 Å². The molecule has 1 aromatic heterocycles. The molecule has 0 aliphatic heterocycles. The Balaban J connectivity index is 1.74. The first-order chi connectivity index (χ1) is 15.1. The number of hydrogen-bond acceptors (Lipinski definition) is 5. The first-order valence-electron chi connectivity index (χ1n) is 10.8. The number of aromatic amines is 1. The lowest BCUT2D eigenvalue weighted by Gasteiger charge is -2.36. The predicted molar refractivity (Wildman–Crippen MR) is 122 cm³/mol. The van der Waals surface area contributed by atoms with E-state index in [0.29, 0.717) is 36.6 Å². The van der Waals surface area contributed by atoms with Gasteiger partial charge in [-0.1, -0.05) is 11.6 Å². The lowest BCUT2D eigenvalue weighted by Crippen LogP contribution is -2.56. The van der Waals surface area contributed by atoms with Crippen molar-refractivity contribution >= 4 is 40.5 Å². The van der Waals surface area contributed by atoms with Gasteiger partial charge in [-0.2, -0.15) is 0 Å². The second-order valence-electron chi connectivity index (χ2n) is 9.01. The summed E-state index contributed by atoms with van der Waals surface area (Å²) in [6.45, 7) is 7.38. The number of ether oxygens (including phenoxy) is 2. The van der Waals surface area contributed by atoms with Crippen molar-refractivity contribution in [1.29, 1.82) is 0 Å². The molecule has 1 heterocycles. The first kappa shape index (κ1) is 23.9. The third-order valence-electron chi connectivity index (χ3n) is 5.32. The molecular formula is C23H30ClN3O5. The number of rotatable bonds is 5. The number of benzene rings is 1. The molecule has 3 rings (SSSR count). The van der Waals surface area contributed by atoms with E-state index in [1.54, 1.807) is 45.9 Å². The van der Waals surface area contributed by atoms with Crippen molar-refractivity contribution in [3.8, 4) is 0 Å². The normalized spacial score (nSPS) is 21.1. The van der Waals surface area contributed by atoms with Crippen molar-refractivity contribution in [2.24, 2.45) is 5.92 Å². The monoisotopic (exact) mass is 463 g/mol. The van der Waals surface area contributed by atoms with Crippen molar-refractivity contribution in [2.45, 2.75) is 64.6 Å². The molecule has 1 aliphatic rings. The summed E-state index contributed by atoms with van der Waals surface area (Å²) in [5.41, 5.74) is 0.531. The highest BCUT2D eigenvalue weighted by molar-refractivity contribution is 6.31.